The minimum atomic E-state index is 0.882. The fourth-order valence-electron chi connectivity index (χ4n) is 3.18. The van der Waals surface area contributed by atoms with Crippen molar-refractivity contribution in [3.63, 3.8) is 0 Å². The van der Waals surface area contributed by atoms with Gasteiger partial charge >= 0.3 is 0 Å². The molecule has 0 radical (unpaired) electrons. The molecule has 2 saturated heterocycles. The molecule has 2 aliphatic rings. The molecule has 0 aliphatic carbocycles. The molecule has 0 bridgehead atoms. The zero-order chi connectivity index (χ0) is 9.64. The average Bonchev–Trinajstić information content (AvgIpc) is 2.75. The summed E-state index contributed by atoms with van der Waals surface area (Å²) in [6.45, 7) is 1.28. The van der Waals surface area contributed by atoms with E-state index in [2.05, 4.69) is 5.32 Å². The minimum absolute atomic E-state index is 0.882. The molecule has 1 N–H and O–H groups in total. The maximum atomic E-state index is 3.69. The second kappa shape index (κ2) is 5.80. The van der Waals surface area contributed by atoms with Crippen LogP contribution in [0.2, 0.25) is 12.1 Å². The fraction of sp³-hybridized carbons (Fsp3) is 1.00. The second-order valence-electron chi connectivity index (χ2n) is 5.16. The van der Waals surface area contributed by atoms with E-state index in [1.54, 1.807) is 0 Å². The van der Waals surface area contributed by atoms with E-state index in [0.717, 1.165) is 11.9 Å². The van der Waals surface area contributed by atoms with Gasteiger partial charge in [-0.1, -0.05) is 50.7 Å². The summed E-state index contributed by atoms with van der Waals surface area (Å²) in [6.07, 6.45) is 13.3. The first kappa shape index (κ1) is 10.5. The molecule has 0 aromatic heterocycles. The van der Waals surface area contributed by atoms with Crippen molar-refractivity contribution in [3.8, 4) is 0 Å². The fourth-order valence-corrected chi connectivity index (χ4v) is 3.18. The quantitative estimate of drug-likeness (QED) is 0.631. The summed E-state index contributed by atoms with van der Waals surface area (Å²) in [5.41, 5.74) is 0. The zero-order valence-corrected chi connectivity index (χ0v) is 9.43. The third-order valence-electron chi connectivity index (χ3n) is 4.07. The number of rotatable bonds is 1. The van der Waals surface area contributed by atoms with Gasteiger partial charge in [-0.15, -0.1) is 0 Å². The van der Waals surface area contributed by atoms with E-state index >= 15 is 0 Å². The Morgan fingerprint density at radius 2 is 1.71 bits per heavy atom. The van der Waals surface area contributed by atoms with E-state index in [-0.39, 0.29) is 0 Å². The molecule has 0 saturated carbocycles. The molecule has 0 aromatic carbocycles. The smallest absolute Gasteiger partial charge is 0.126 e. The van der Waals surface area contributed by atoms with Crippen LogP contribution in [0.15, 0.2) is 0 Å². The first-order valence-electron chi connectivity index (χ1n) is 6.70. The van der Waals surface area contributed by atoms with Gasteiger partial charge in [0.1, 0.15) is 7.28 Å². The molecule has 2 heterocycles. The molecule has 0 aromatic rings. The number of hydrogen-bond donors (Lipinski definition) is 1. The highest BCUT2D eigenvalue weighted by Gasteiger charge is 2.24. The van der Waals surface area contributed by atoms with Gasteiger partial charge in [0.2, 0.25) is 0 Å². The van der Waals surface area contributed by atoms with Gasteiger partial charge in [-0.05, 0) is 19.4 Å². The maximum absolute atomic E-state index is 3.69. The molecule has 2 fully saturated rings. The van der Waals surface area contributed by atoms with E-state index in [4.69, 9.17) is 0 Å². The molecule has 2 aliphatic heterocycles. The van der Waals surface area contributed by atoms with Crippen LogP contribution < -0.4 is 5.32 Å². The van der Waals surface area contributed by atoms with E-state index < -0.39 is 0 Å². The third kappa shape index (κ3) is 3.01. The summed E-state index contributed by atoms with van der Waals surface area (Å²) < 4.78 is 0. The van der Waals surface area contributed by atoms with Crippen LogP contribution in [0.25, 0.3) is 0 Å². The van der Waals surface area contributed by atoms with Crippen LogP contribution >= 0.6 is 0 Å². The molecular weight excluding hydrogens is 169 g/mol. The van der Waals surface area contributed by atoms with Gasteiger partial charge in [-0.2, -0.15) is 0 Å². The van der Waals surface area contributed by atoms with Crippen LogP contribution in [-0.2, 0) is 0 Å². The van der Waals surface area contributed by atoms with Crippen LogP contribution in [0.5, 0.6) is 0 Å². The highest BCUT2D eigenvalue weighted by Crippen LogP contribution is 2.28. The van der Waals surface area contributed by atoms with Crippen molar-refractivity contribution in [2.75, 3.05) is 6.54 Å². The largest absolute Gasteiger partial charge is 0.314 e. The molecule has 2 rings (SSSR count). The molecule has 0 amide bonds. The Balaban J connectivity index is 1.80. The lowest BCUT2D eigenvalue weighted by molar-refractivity contribution is 0.507. The Labute approximate surface area is 89.3 Å². The predicted octanol–water partition coefficient (Wildman–Crippen LogP) is 2.74. The number of nitrogens with one attached hydrogen (secondary N) is 1. The Hall–Kier alpha value is 0.0249. The molecule has 2 unspecified atom stereocenters. The molecule has 14 heavy (non-hydrogen) atoms. The molecule has 2 heteroatoms. The summed E-state index contributed by atoms with van der Waals surface area (Å²) in [6, 6.07) is 0.882. The van der Waals surface area contributed by atoms with Crippen LogP contribution in [0.4, 0.5) is 0 Å². The first-order chi connectivity index (χ1) is 6.97. The molecule has 0 spiro atoms. The van der Waals surface area contributed by atoms with Crippen molar-refractivity contribution in [2.45, 2.75) is 69.5 Å². The zero-order valence-electron chi connectivity index (χ0n) is 9.43. The molecule has 2 atom stereocenters. The lowest BCUT2D eigenvalue weighted by Crippen LogP contribution is -2.29. The van der Waals surface area contributed by atoms with Crippen molar-refractivity contribution in [1.29, 1.82) is 0 Å². The SMILES string of the molecule is B1CCCCCCCC1C1CCCN1. The Morgan fingerprint density at radius 1 is 0.857 bits per heavy atom. The van der Waals surface area contributed by atoms with Crippen molar-refractivity contribution in [3.05, 3.63) is 0 Å². The molecular formula is C12H24BN. The summed E-state index contributed by atoms with van der Waals surface area (Å²) in [7, 11) is 1.50. The van der Waals surface area contributed by atoms with Gasteiger partial charge in [0, 0.05) is 6.04 Å². The summed E-state index contributed by atoms with van der Waals surface area (Å²) in [4.78, 5) is 0. The summed E-state index contributed by atoms with van der Waals surface area (Å²) in [5, 5.41) is 3.69. The van der Waals surface area contributed by atoms with Crippen molar-refractivity contribution in [1.82, 2.24) is 5.32 Å². The molecule has 80 valence electrons. The average molecular weight is 193 g/mol. The third-order valence-corrected chi connectivity index (χ3v) is 4.07. The van der Waals surface area contributed by atoms with Gasteiger partial charge in [-0.3, -0.25) is 0 Å². The van der Waals surface area contributed by atoms with Crippen LogP contribution in [0.3, 0.4) is 0 Å². The summed E-state index contributed by atoms with van der Waals surface area (Å²) >= 11 is 0. The van der Waals surface area contributed by atoms with E-state index in [1.807, 2.05) is 0 Å². The van der Waals surface area contributed by atoms with Crippen LogP contribution in [0, 0.1) is 0 Å². The van der Waals surface area contributed by atoms with Crippen molar-refractivity contribution >= 4 is 7.28 Å². The normalized spacial score (nSPS) is 35.4. The predicted molar refractivity (Wildman–Crippen MR) is 64.4 cm³/mol. The Bertz CT molecular complexity index is 144. The van der Waals surface area contributed by atoms with Gasteiger partial charge in [-0.25, -0.2) is 0 Å². The monoisotopic (exact) mass is 193 g/mol. The van der Waals surface area contributed by atoms with Gasteiger partial charge in [0.15, 0.2) is 0 Å². The topological polar surface area (TPSA) is 12.0 Å². The van der Waals surface area contributed by atoms with Gasteiger partial charge in [0.25, 0.3) is 0 Å². The Kier molecular flexibility index (Phi) is 4.36. The lowest BCUT2D eigenvalue weighted by Gasteiger charge is -2.22. The van der Waals surface area contributed by atoms with E-state index in [1.165, 1.54) is 71.5 Å². The second-order valence-corrected chi connectivity index (χ2v) is 5.16. The summed E-state index contributed by atoms with van der Waals surface area (Å²) in [5.74, 6) is 1.01. The lowest BCUT2D eigenvalue weighted by atomic mass is 9.57. The standard InChI is InChI=1S/C12H24BN/c1-2-4-7-11(13-9-5-3-1)12-8-6-10-14-12/h11-14H,1-10H2. The van der Waals surface area contributed by atoms with Gasteiger partial charge in [0.05, 0.1) is 0 Å². The van der Waals surface area contributed by atoms with Crippen molar-refractivity contribution < 1.29 is 0 Å². The van der Waals surface area contributed by atoms with E-state index in [9.17, 15) is 0 Å². The maximum Gasteiger partial charge on any atom is 0.126 e. The van der Waals surface area contributed by atoms with Crippen LogP contribution in [-0.4, -0.2) is 19.9 Å². The van der Waals surface area contributed by atoms with Crippen LogP contribution in [0.1, 0.15) is 51.4 Å². The Morgan fingerprint density at radius 3 is 2.57 bits per heavy atom. The molecule has 1 nitrogen and oxygen atoms in total. The minimum Gasteiger partial charge on any atom is -0.314 e. The number of hydrogen-bond acceptors (Lipinski definition) is 1. The highest BCUT2D eigenvalue weighted by molar-refractivity contribution is 6.37. The van der Waals surface area contributed by atoms with Gasteiger partial charge < -0.3 is 5.32 Å². The first-order valence-corrected chi connectivity index (χ1v) is 6.70. The highest BCUT2D eigenvalue weighted by atomic mass is 14.9. The van der Waals surface area contributed by atoms with E-state index in [0.29, 0.717) is 0 Å². The van der Waals surface area contributed by atoms with Crippen molar-refractivity contribution in [2.24, 2.45) is 0 Å².